The maximum atomic E-state index is 4.44. The molecule has 3 aromatic rings. The Labute approximate surface area is 154 Å². The molecular formula is C20H24N6. The first-order valence-corrected chi connectivity index (χ1v) is 8.89. The average molecular weight is 348 g/mol. The number of aryl methyl sites for hydroxylation is 2. The van der Waals surface area contributed by atoms with Crippen molar-refractivity contribution in [2.45, 2.75) is 40.0 Å². The lowest BCUT2D eigenvalue weighted by Crippen LogP contribution is -2.03. The van der Waals surface area contributed by atoms with Gasteiger partial charge in [0.05, 0.1) is 11.9 Å². The number of hydrogen-bond acceptors (Lipinski definition) is 5. The van der Waals surface area contributed by atoms with Gasteiger partial charge in [-0.15, -0.1) is 0 Å². The Hall–Kier alpha value is -3.02. The second-order valence-electron chi connectivity index (χ2n) is 6.33. The number of nitrogens with one attached hydrogen (secondary N) is 1. The molecule has 0 fully saturated rings. The summed E-state index contributed by atoms with van der Waals surface area (Å²) in [6.07, 6.45) is 8.78. The molecule has 0 radical (unpaired) electrons. The van der Waals surface area contributed by atoms with Crippen LogP contribution in [-0.4, -0.2) is 25.5 Å². The van der Waals surface area contributed by atoms with Crippen molar-refractivity contribution in [2.75, 3.05) is 5.43 Å². The second-order valence-corrected chi connectivity index (χ2v) is 6.33. The first-order valence-electron chi connectivity index (χ1n) is 8.89. The molecular weight excluding hydrogens is 324 g/mol. The maximum absolute atomic E-state index is 4.44. The zero-order valence-corrected chi connectivity index (χ0v) is 15.5. The van der Waals surface area contributed by atoms with Crippen LogP contribution >= 0.6 is 0 Å². The minimum Gasteiger partial charge on any atom is -0.261 e. The van der Waals surface area contributed by atoms with Gasteiger partial charge in [-0.25, -0.2) is 14.6 Å². The third-order valence-corrected chi connectivity index (χ3v) is 4.13. The summed E-state index contributed by atoms with van der Waals surface area (Å²) in [5, 5.41) is 8.71. The Bertz CT molecular complexity index is 879. The minimum atomic E-state index is 0.627. The lowest BCUT2D eigenvalue weighted by Gasteiger charge is -2.06. The smallest absolute Gasteiger partial charge is 0.158 e. The lowest BCUT2D eigenvalue weighted by molar-refractivity contribution is 0.795. The summed E-state index contributed by atoms with van der Waals surface area (Å²) < 4.78 is 1.72. The summed E-state index contributed by atoms with van der Waals surface area (Å²) in [5.74, 6) is 1.32. The van der Waals surface area contributed by atoms with E-state index in [9.17, 15) is 0 Å². The van der Waals surface area contributed by atoms with Crippen LogP contribution in [0.25, 0.3) is 5.82 Å². The van der Waals surface area contributed by atoms with E-state index in [1.165, 1.54) is 24.7 Å². The van der Waals surface area contributed by atoms with Crippen LogP contribution < -0.4 is 5.43 Å². The SMILES string of the molecule is CCCCc1ccc(/C(C)=N\Nc2cc(-n3cc(C)cn3)ncn2)cc1. The second kappa shape index (κ2) is 8.38. The van der Waals surface area contributed by atoms with Crippen LogP contribution in [0, 0.1) is 6.92 Å². The number of anilines is 1. The van der Waals surface area contributed by atoms with E-state index < -0.39 is 0 Å². The first kappa shape index (κ1) is 17.8. The van der Waals surface area contributed by atoms with E-state index in [-0.39, 0.29) is 0 Å². The molecule has 0 aliphatic rings. The van der Waals surface area contributed by atoms with Crippen LogP contribution in [0.4, 0.5) is 5.82 Å². The number of benzene rings is 1. The summed E-state index contributed by atoms with van der Waals surface area (Å²) >= 11 is 0. The number of nitrogens with zero attached hydrogens (tertiary/aromatic N) is 5. The van der Waals surface area contributed by atoms with Gasteiger partial charge in [0.25, 0.3) is 0 Å². The molecule has 1 N–H and O–H groups in total. The number of hydrogen-bond donors (Lipinski definition) is 1. The molecule has 0 saturated carbocycles. The van der Waals surface area contributed by atoms with Crippen LogP contribution in [0.5, 0.6) is 0 Å². The molecule has 0 aliphatic heterocycles. The van der Waals surface area contributed by atoms with Crippen molar-refractivity contribution >= 4 is 11.5 Å². The van der Waals surface area contributed by atoms with Crippen LogP contribution in [-0.2, 0) is 6.42 Å². The molecule has 2 aromatic heterocycles. The van der Waals surface area contributed by atoms with E-state index in [0.29, 0.717) is 11.6 Å². The predicted octanol–water partition coefficient (Wildman–Crippen LogP) is 4.15. The van der Waals surface area contributed by atoms with Crippen molar-refractivity contribution in [3.05, 3.63) is 65.7 Å². The molecule has 0 atom stereocenters. The summed E-state index contributed by atoms with van der Waals surface area (Å²) in [5.41, 5.74) is 7.45. The fourth-order valence-corrected chi connectivity index (χ4v) is 2.57. The molecule has 0 unspecified atom stereocenters. The van der Waals surface area contributed by atoms with Gasteiger partial charge >= 0.3 is 0 Å². The van der Waals surface area contributed by atoms with Crippen LogP contribution in [0.2, 0.25) is 0 Å². The summed E-state index contributed by atoms with van der Waals surface area (Å²) in [4.78, 5) is 8.46. The number of rotatable bonds is 7. The number of hydrazone groups is 1. The monoisotopic (exact) mass is 348 g/mol. The highest BCUT2D eigenvalue weighted by Gasteiger charge is 2.03. The third-order valence-electron chi connectivity index (χ3n) is 4.13. The van der Waals surface area contributed by atoms with Gasteiger partial charge in [-0.2, -0.15) is 10.2 Å². The van der Waals surface area contributed by atoms with E-state index in [1.54, 1.807) is 10.9 Å². The average Bonchev–Trinajstić information content (AvgIpc) is 3.11. The Morgan fingerprint density at radius 1 is 1.19 bits per heavy atom. The zero-order valence-electron chi connectivity index (χ0n) is 15.5. The molecule has 0 spiro atoms. The molecule has 6 heteroatoms. The molecule has 0 aliphatic carbocycles. The lowest BCUT2D eigenvalue weighted by atomic mass is 10.0. The van der Waals surface area contributed by atoms with Gasteiger partial charge in [-0.3, -0.25) is 5.43 Å². The van der Waals surface area contributed by atoms with Crippen molar-refractivity contribution in [1.82, 2.24) is 19.7 Å². The largest absolute Gasteiger partial charge is 0.261 e. The Balaban J connectivity index is 1.69. The third kappa shape index (κ3) is 4.53. The van der Waals surface area contributed by atoms with Gasteiger partial charge in [-0.1, -0.05) is 37.6 Å². The van der Waals surface area contributed by atoms with E-state index in [1.807, 2.05) is 26.1 Å². The van der Waals surface area contributed by atoms with E-state index in [0.717, 1.165) is 23.3 Å². The maximum Gasteiger partial charge on any atom is 0.158 e. The first-order chi connectivity index (χ1) is 12.7. The van der Waals surface area contributed by atoms with Gasteiger partial charge in [-0.05, 0) is 43.4 Å². The molecule has 0 bridgehead atoms. The fraction of sp³-hybridized carbons (Fsp3) is 0.300. The Morgan fingerprint density at radius 3 is 2.69 bits per heavy atom. The van der Waals surface area contributed by atoms with Gasteiger partial charge in [0, 0.05) is 12.3 Å². The molecule has 6 nitrogen and oxygen atoms in total. The topological polar surface area (TPSA) is 68.0 Å². The highest BCUT2D eigenvalue weighted by Crippen LogP contribution is 2.11. The normalized spacial score (nSPS) is 11.6. The fourth-order valence-electron chi connectivity index (χ4n) is 2.57. The van der Waals surface area contributed by atoms with Gasteiger partial charge in [0.1, 0.15) is 6.33 Å². The van der Waals surface area contributed by atoms with Crippen molar-refractivity contribution in [1.29, 1.82) is 0 Å². The van der Waals surface area contributed by atoms with E-state index >= 15 is 0 Å². The number of aromatic nitrogens is 4. The van der Waals surface area contributed by atoms with Gasteiger partial charge in [0.2, 0.25) is 0 Å². The van der Waals surface area contributed by atoms with E-state index in [4.69, 9.17) is 0 Å². The number of unbranched alkanes of at least 4 members (excludes halogenated alkanes) is 1. The standard InChI is InChI=1S/C20H24N6/c1-4-5-6-17-7-9-18(10-8-17)16(3)24-25-19-11-20(22-14-21-19)26-13-15(2)12-23-26/h7-14H,4-6H2,1-3H3,(H,21,22,25)/b24-16-. The quantitative estimate of drug-likeness (QED) is 0.514. The summed E-state index contributed by atoms with van der Waals surface area (Å²) in [6, 6.07) is 10.4. The van der Waals surface area contributed by atoms with Crippen LogP contribution in [0.1, 0.15) is 43.4 Å². The van der Waals surface area contributed by atoms with Gasteiger partial charge < -0.3 is 0 Å². The predicted molar refractivity (Wildman–Crippen MR) is 105 cm³/mol. The van der Waals surface area contributed by atoms with E-state index in [2.05, 4.69) is 56.8 Å². The van der Waals surface area contributed by atoms with Crippen LogP contribution in [0.3, 0.4) is 0 Å². The Morgan fingerprint density at radius 2 is 2.00 bits per heavy atom. The highest BCUT2D eigenvalue weighted by atomic mass is 15.3. The highest BCUT2D eigenvalue weighted by molar-refractivity contribution is 5.99. The minimum absolute atomic E-state index is 0.627. The summed E-state index contributed by atoms with van der Waals surface area (Å²) in [6.45, 7) is 6.18. The zero-order chi connectivity index (χ0) is 18.4. The van der Waals surface area contributed by atoms with Crippen molar-refractivity contribution < 1.29 is 0 Å². The molecule has 26 heavy (non-hydrogen) atoms. The van der Waals surface area contributed by atoms with Crippen molar-refractivity contribution in [2.24, 2.45) is 5.10 Å². The van der Waals surface area contributed by atoms with Gasteiger partial charge in [0.15, 0.2) is 11.6 Å². The van der Waals surface area contributed by atoms with Crippen molar-refractivity contribution in [3.63, 3.8) is 0 Å². The van der Waals surface area contributed by atoms with Crippen molar-refractivity contribution in [3.8, 4) is 5.82 Å². The molecule has 1 aromatic carbocycles. The van der Waals surface area contributed by atoms with Crippen LogP contribution in [0.15, 0.2) is 54.2 Å². The molecule has 3 rings (SSSR count). The molecule has 0 amide bonds. The molecule has 134 valence electrons. The molecule has 0 saturated heterocycles. The Kier molecular flexibility index (Phi) is 5.73. The summed E-state index contributed by atoms with van der Waals surface area (Å²) in [7, 11) is 0. The molecule has 2 heterocycles.